The molecule has 0 saturated heterocycles. The number of nitrogens with one attached hydrogen (secondary N) is 1. The first-order valence-electron chi connectivity index (χ1n) is 9.75. The Morgan fingerprint density at radius 2 is 1.76 bits per heavy atom. The van der Waals surface area contributed by atoms with Gasteiger partial charge in [0.2, 0.25) is 0 Å². The van der Waals surface area contributed by atoms with Crippen LogP contribution < -0.4 is 24.7 Å². The highest BCUT2D eigenvalue weighted by molar-refractivity contribution is 6.07. The molecule has 33 heavy (non-hydrogen) atoms. The molecule has 1 aliphatic heterocycles. The van der Waals surface area contributed by atoms with E-state index in [1.54, 1.807) is 19.2 Å². The Morgan fingerprint density at radius 1 is 1.06 bits per heavy atom. The molecule has 0 fully saturated rings. The number of fused-ring (bicyclic) bond motifs is 2. The molecule has 2 aliphatic rings. The number of carboxylic acids is 1. The van der Waals surface area contributed by atoms with Crippen molar-refractivity contribution in [3.63, 3.8) is 0 Å². The molecule has 3 N–H and O–H groups in total. The molecule has 0 unspecified atom stereocenters. The Bertz CT molecular complexity index is 1320. The Hall–Kier alpha value is -3.47. The first-order chi connectivity index (χ1) is 15.6. The van der Waals surface area contributed by atoms with E-state index in [0.29, 0.717) is 16.9 Å². The fourth-order valence-corrected chi connectivity index (χ4v) is 3.51. The fraction of sp³-hybridized carbons (Fsp3) is 0.130. The largest absolute Gasteiger partial charge is 0.478 e. The molecule has 0 spiro atoms. The second-order valence-electron chi connectivity index (χ2n) is 6.87. The fourth-order valence-electron chi connectivity index (χ4n) is 3.51. The number of halogens is 1. The Kier molecular flexibility index (Phi) is 7.32. The normalized spacial score (nSPS) is 11.9. The summed E-state index contributed by atoms with van der Waals surface area (Å²) in [7, 11) is -2.97. The number of carbonyl (C=O) groups is 1. The van der Waals surface area contributed by atoms with Gasteiger partial charge >= 0.3 is 5.97 Å². The van der Waals surface area contributed by atoms with E-state index in [4.69, 9.17) is 23.1 Å². The molecule has 4 rings (SSSR count). The van der Waals surface area contributed by atoms with Gasteiger partial charge in [-0.3, -0.25) is 4.99 Å². The third kappa shape index (κ3) is 5.86. The number of hydrogen-bond acceptors (Lipinski definition) is 8. The van der Waals surface area contributed by atoms with Crippen molar-refractivity contribution >= 4 is 22.6 Å². The van der Waals surface area contributed by atoms with Crippen LogP contribution in [-0.2, 0) is 0 Å². The first-order valence-corrected chi connectivity index (χ1v) is 11.0. The van der Waals surface area contributed by atoms with Crippen molar-refractivity contribution in [2.75, 3.05) is 18.9 Å². The van der Waals surface area contributed by atoms with Crippen LogP contribution in [0.4, 0.5) is 5.69 Å². The molecule has 2 aromatic carbocycles. The predicted octanol–water partition coefficient (Wildman–Crippen LogP) is 0.741. The van der Waals surface area contributed by atoms with Crippen molar-refractivity contribution in [1.82, 2.24) is 0 Å². The molecule has 9 nitrogen and oxygen atoms in total. The zero-order chi connectivity index (χ0) is 24.2. The summed E-state index contributed by atoms with van der Waals surface area (Å²) in [6, 6.07) is 18.7. The van der Waals surface area contributed by atoms with E-state index in [9.17, 15) is 9.90 Å². The molecular weight excluding hydrogens is 452 g/mol. The summed E-state index contributed by atoms with van der Waals surface area (Å²) in [5.74, 6) is -0.290. The first kappa shape index (κ1) is 24.2. The summed E-state index contributed by atoms with van der Waals surface area (Å²) < 4.78 is 38.9. The molecule has 0 bridgehead atoms. The van der Waals surface area contributed by atoms with Crippen molar-refractivity contribution in [2.24, 2.45) is 4.99 Å². The Balaban J connectivity index is 0.000000555. The number of aromatic carboxylic acids is 1. The molecule has 0 saturated carbocycles. The topological polar surface area (TPSA) is 164 Å². The minimum absolute atomic E-state index is 0.260. The van der Waals surface area contributed by atoms with Crippen molar-refractivity contribution < 1.29 is 43.2 Å². The minimum Gasteiger partial charge on any atom is -0.478 e. The molecule has 0 amide bonds. The van der Waals surface area contributed by atoms with Crippen molar-refractivity contribution in [3.05, 3.63) is 71.6 Å². The van der Waals surface area contributed by atoms with Crippen LogP contribution in [0.25, 0.3) is 33.4 Å². The molecule has 2 aromatic rings. The van der Waals surface area contributed by atoms with Gasteiger partial charge in [-0.15, -0.1) is 0 Å². The SMILES string of the molecule is CCNc1ccc2c(-c3ccccc3C(=O)O)c3ccc(=NC)cc-3oc2c1.[O-][Cl+3]([O-])([O-])O. The highest BCUT2D eigenvalue weighted by atomic mass is 35.7. The second kappa shape index (κ2) is 9.99. The van der Waals surface area contributed by atoms with Gasteiger partial charge < -0.3 is 14.8 Å². The number of nitrogens with zero attached hydrogens (tertiary/aromatic N) is 1. The summed E-state index contributed by atoms with van der Waals surface area (Å²) in [5.41, 5.74) is 4.26. The molecular formula is C23H21ClN2O7. The van der Waals surface area contributed by atoms with Gasteiger partial charge in [0, 0.05) is 47.9 Å². The minimum atomic E-state index is -4.69. The summed E-state index contributed by atoms with van der Waals surface area (Å²) in [6.45, 7) is 2.83. The van der Waals surface area contributed by atoms with Crippen LogP contribution in [0.1, 0.15) is 17.3 Å². The number of hydrogen-bond donors (Lipinski definition) is 3. The average molecular weight is 473 g/mol. The van der Waals surface area contributed by atoms with Crippen LogP contribution >= 0.6 is 0 Å². The monoisotopic (exact) mass is 472 g/mol. The zero-order valence-electron chi connectivity index (χ0n) is 17.7. The summed E-state index contributed by atoms with van der Waals surface area (Å²) in [5, 5.41) is 14.7. The number of rotatable bonds is 4. The van der Waals surface area contributed by atoms with Crippen LogP contribution in [0.15, 0.2) is 70.1 Å². The van der Waals surface area contributed by atoms with E-state index in [2.05, 4.69) is 10.3 Å². The lowest BCUT2D eigenvalue weighted by Gasteiger charge is -2.17. The lowest BCUT2D eigenvalue weighted by molar-refractivity contribution is -1.92. The van der Waals surface area contributed by atoms with Crippen molar-refractivity contribution in [1.29, 1.82) is 0 Å². The van der Waals surface area contributed by atoms with Gasteiger partial charge in [-0.1, -0.05) is 18.2 Å². The highest BCUT2D eigenvalue weighted by Gasteiger charge is 2.21. The lowest BCUT2D eigenvalue weighted by Crippen LogP contribution is -2.58. The number of carboxylic acid groups (broad SMARTS) is 1. The lowest BCUT2D eigenvalue weighted by atomic mass is 9.90. The van der Waals surface area contributed by atoms with Crippen LogP contribution in [0, 0.1) is 10.2 Å². The zero-order valence-corrected chi connectivity index (χ0v) is 18.5. The average Bonchev–Trinajstić information content (AvgIpc) is 2.76. The predicted molar refractivity (Wildman–Crippen MR) is 113 cm³/mol. The highest BCUT2D eigenvalue weighted by Crippen LogP contribution is 2.41. The van der Waals surface area contributed by atoms with E-state index in [-0.39, 0.29) is 5.56 Å². The molecule has 0 aromatic heterocycles. The van der Waals surface area contributed by atoms with Gasteiger partial charge in [0.05, 0.1) is 25.8 Å². The molecule has 172 valence electrons. The van der Waals surface area contributed by atoms with Crippen LogP contribution in [0.3, 0.4) is 0 Å². The Labute approximate surface area is 191 Å². The number of anilines is 1. The molecule has 0 atom stereocenters. The van der Waals surface area contributed by atoms with E-state index in [0.717, 1.165) is 34.1 Å². The van der Waals surface area contributed by atoms with Gasteiger partial charge in [0.15, 0.2) is 0 Å². The van der Waals surface area contributed by atoms with E-state index >= 15 is 0 Å². The van der Waals surface area contributed by atoms with E-state index < -0.39 is 16.2 Å². The molecule has 1 heterocycles. The maximum atomic E-state index is 11.9. The van der Waals surface area contributed by atoms with Gasteiger partial charge in [-0.05, 0) is 42.8 Å². The second-order valence-corrected chi connectivity index (χ2v) is 7.66. The van der Waals surface area contributed by atoms with E-state index in [1.807, 2.05) is 55.5 Å². The molecule has 0 radical (unpaired) electrons. The Morgan fingerprint density at radius 3 is 2.39 bits per heavy atom. The summed E-state index contributed by atoms with van der Waals surface area (Å²) in [4.78, 5) is 16.1. The smallest absolute Gasteiger partial charge is 0.336 e. The van der Waals surface area contributed by atoms with Crippen LogP contribution in [0.5, 0.6) is 0 Å². The molecule has 10 heteroatoms. The van der Waals surface area contributed by atoms with E-state index in [1.165, 1.54) is 0 Å². The third-order valence-electron chi connectivity index (χ3n) is 4.77. The summed E-state index contributed by atoms with van der Waals surface area (Å²) >= 11 is 0. The summed E-state index contributed by atoms with van der Waals surface area (Å²) in [6.07, 6.45) is 0. The number of benzene rings is 3. The van der Waals surface area contributed by atoms with Gasteiger partial charge in [0.1, 0.15) is 11.3 Å². The molecule has 1 aliphatic carbocycles. The van der Waals surface area contributed by atoms with Gasteiger partial charge in [-0.25, -0.2) is 4.79 Å². The van der Waals surface area contributed by atoms with Crippen molar-refractivity contribution in [3.8, 4) is 22.5 Å². The van der Waals surface area contributed by atoms with Gasteiger partial charge in [-0.2, -0.15) is 14.0 Å². The standard InChI is InChI=1S/C23H20N2O3.ClHO4/c1-3-25-15-9-11-19-21(13-15)28-20-12-14(24-2)8-10-18(20)22(19)16-6-4-5-7-17(16)23(26)27;2-1(3,4)5/h4-13,25H,3H2,1-2H3,(H,26,27);(H,2,3,4,5). The quantitative estimate of drug-likeness (QED) is 0.366. The van der Waals surface area contributed by atoms with Crippen LogP contribution in [0.2, 0.25) is 0 Å². The van der Waals surface area contributed by atoms with Crippen molar-refractivity contribution in [2.45, 2.75) is 6.92 Å². The van der Waals surface area contributed by atoms with Crippen LogP contribution in [-0.4, -0.2) is 29.3 Å². The maximum Gasteiger partial charge on any atom is 0.336 e. The third-order valence-corrected chi connectivity index (χ3v) is 4.77. The van der Waals surface area contributed by atoms with Gasteiger partial charge in [0.25, 0.3) is 0 Å². The maximum absolute atomic E-state index is 11.9.